The van der Waals surface area contributed by atoms with Gasteiger partial charge in [0.05, 0.1) is 11.8 Å². The van der Waals surface area contributed by atoms with E-state index in [0.717, 1.165) is 17.4 Å². The van der Waals surface area contributed by atoms with E-state index in [0.29, 0.717) is 26.3 Å². The van der Waals surface area contributed by atoms with Crippen molar-refractivity contribution in [3.05, 3.63) is 41.7 Å². The Morgan fingerprint density at radius 1 is 1.32 bits per heavy atom. The van der Waals surface area contributed by atoms with Gasteiger partial charge in [0.15, 0.2) is 5.16 Å². The molecule has 1 unspecified atom stereocenters. The van der Waals surface area contributed by atoms with Crippen molar-refractivity contribution in [2.75, 3.05) is 19.8 Å². The van der Waals surface area contributed by atoms with Crippen molar-refractivity contribution >= 4 is 17.7 Å². The summed E-state index contributed by atoms with van der Waals surface area (Å²) in [4.78, 5) is 12.2. The zero-order valence-corrected chi connectivity index (χ0v) is 15.9. The van der Waals surface area contributed by atoms with Crippen LogP contribution in [0.1, 0.15) is 31.7 Å². The van der Waals surface area contributed by atoms with Gasteiger partial charge in [-0.1, -0.05) is 42.1 Å². The van der Waals surface area contributed by atoms with Crippen molar-refractivity contribution < 1.29 is 9.53 Å². The van der Waals surface area contributed by atoms with Crippen LogP contribution in [0.2, 0.25) is 0 Å². The van der Waals surface area contributed by atoms with Crippen LogP contribution in [0.25, 0.3) is 0 Å². The molecule has 2 aromatic rings. The first-order valence-electron chi connectivity index (χ1n) is 8.57. The van der Waals surface area contributed by atoms with Crippen molar-refractivity contribution in [2.24, 2.45) is 0 Å². The van der Waals surface area contributed by atoms with E-state index >= 15 is 0 Å². The van der Waals surface area contributed by atoms with Crippen LogP contribution in [0.5, 0.6) is 0 Å². The Kier molecular flexibility index (Phi) is 7.94. The molecule has 0 spiro atoms. The number of thioether (sulfide) groups is 1. The summed E-state index contributed by atoms with van der Waals surface area (Å²) in [5.41, 5.74) is 1.18. The Bertz CT molecular complexity index is 660. The SMILES string of the molecule is CCOCCCNC(=O)C(C)Sc1nnc(C)n1Cc1ccccc1. The van der Waals surface area contributed by atoms with Crippen molar-refractivity contribution in [1.82, 2.24) is 20.1 Å². The van der Waals surface area contributed by atoms with E-state index in [4.69, 9.17) is 4.74 Å². The Balaban J connectivity index is 1.90. The summed E-state index contributed by atoms with van der Waals surface area (Å²) < 4.78 is 7.31. The average Bonchev–Trinajstić information content (AvgIpc) is 2.95. The molecule has 1 atom stereocenters. The molecule has 0 bridgehead atoms. The summed E-state index contributed by atoms with van der Waals surface area (Å²) in [5.74, 6) is 0.851. The Morgan fingerprint density at radius 2 is 2.08 bits per heavy atom. The zero-order chi connectivity index (χ0) is 18.1. The van der Waals surface area contributed by atoms with Crippen molar-refractivity contribution in [2.45, 2.75) is 44.1 Å². The molecule has 1 N–H and O–H groups in total. The van der Waals surface area contributed by atoms with Crippen molar-refractivity contribution in [3.8, 4) is 0 Å². The minimum atomic E-state index is -0.231. The van der Waals surface area contributed by atoms with E-state index in [-0.39, 0.29) is 11.2 Å². The number of carbonyl (C=O) groups excluding carboxylic acids is 1. The fourth-order valence-electron chi connectivity index (χ4n) is 2.28. The monoisotopic (exact) mass is 362 g/mol. The van der Waals surface area contributed by atoms with E-state index in [1.54, 1.807) is 0 Å². The Hall–Kier alpha value is -1.86. The number of amides is 1. The van der Waals surface area contributed by atoms with Gasteiger partial charge in [0, 0.05) is 19.8 Å². The van der Waals surface area contributed by atoms with Crippen LogP contribution in [0, 0.1) is 6.92 Å². The highest BCUT2D eigenvalue weighted by molar-refractivity contribution is 8.00. The first-order valence-corrected chi connectivity index (χ1v) is 9.45. The molecule has 0 aliphatic carbocycles. The quantitative estimate of drug-likeness (QED) is 0.520. The van der Waals surface area contributed by atoms with Gasteiger partial charge < -0.3 is 14.6 Å². The highest BCUT2D eigenvalue weighted by Crippen LogP contribution is 2.23. The number of aryl methyl sites for hydroxylation is 1. The number of ether oxygens (including phenoxy) is 1. The Morgan fingerprint density at radius 3 is 2.80 bits per heavy atom. The number of aromatic nitrogens is 3. The van der Waals surface area contributed by atoms with E-state index in [2.05, 4.69) is 27.6 Å². The van der Waals surface area contributed by atoms with Crippen LogP contribution in [-0.2, 0) is 16.1 Å². The predicted molar refractivity (Wildman–Crippen MR) is 99.7 cm³/mol. The average molecular weight is 362 g/mol. The van der Waals surface area contributed by atoms with Crippen LogP contribution in [0.15, 0.2) is 35.5 Å². The number of nitrogens with zero attached hydrogens (tertiary/aromatic N) is 3. The van der Waals surface area contributed by atoms with Crippen LogP contribution in [0.4, 0.5) is 0 Å². The molecular formula is C18H26N4O2S. The summed E-state index contributed by atoms with van der Waals surface area (Å²) in [5, 5.41) is 11.9. The summed E-state index contributed by atoms with van der Waals surface area (Å²) in [6.07, 6.45) is 0.820. The third-order valence-electron chi connectivity index (χ3n) is 3.71. The number of nitrogens with one attached hydrogen (secondary N) is 1. The molecule has 0 fully saturated rings. The molecule has 136 valence electrons. The molecule has 2 rings (SSSR count). The van der Waals surface area contributed by atoms with E-state index in [1.165, 1.54) is 17.3 Å². The Labute approximate surface area is 153 Å². The molecule has 1 amide bonds. The van der Waals surface area contributed by atoms with Gasteiger partial charge in [-0.25, -0.2) is 0 Å². The highest BCUT2D eigenvalue weighted by Gasteiger charge is 2.19. The molecule has 0 aliphatic heterocycles. The first-order chi connectivity index (χ1) is 12.1. The number of hydrogen-bond acceptors (Lipinski definition) is 5. The summed E-state index contributed by atoms with van der Waals surface area (Å²) in [6.45, 7) is 8.48. The van der Waals surface area contributed by atoms with Gasteiger partial charge in [-0.05, 0) is 32.8 Å². The molecule has 6 nitrogen and oxygen atoms in total. The first kappa shape index (κ1) is 19.5. The van der Waals surface area contributed by atoms with Crippen LogP contribution in [-0.4, -0.2) is 45.7 Å². The molecule has 0 saturated carbocycles. The molecule has 1 aromatic carbocycles. The van der Waals surface area contributed by atoms with E-state index in [9.17, 15) is 4.79 Å². The molecule has 0 saturated heterocycles. The van der Waals surface area contributed by atoms with Crippen LogP contribution >= 0.6 is 11.8 Å². The third kappa shape index (κ3) is 6.17. The molecule has 25 heavy (non-hydrogen) atoms. The number of hydrogen-bond donors (Lipinski definition) is 1. The molecule has 1 heterocycles. The fourth-order valence-corrected chi connectivity index (χ4v) is 3.20. The van der Waals surface area contributed by atoms with Gasteiger partial charge in [0.2, 0.25) is 5.91 Å². The lowest BCUT2D eigenvalue weighted by Crippen LogP contribution is -2.32. The lowest BCUT2D eigenvalue weighted by molar-refractivity contribution is -0.120. The van der Waals surface area contributed by atoms with Crippen molar-refractivity contribution in [3.63, 3.8) is 0 Å². The highest BCUT2D eigenvalue weighted by atomic mass is 32.2. The molecule has 0 radical (unpaired) electrons. The second kappa shape index (κ2) is 10.2. The minimum Gasteiger partial charge on any atom is -0.382 e. The molecule has 0 aliphatic rings. The number of carbonyl (C=O) groups is 1. The number of benzene rings is 1. The van der Waals surface area contributed by atoms with Gasteiger partial charge in [-0.2, -0.15) is 0 Å². The lowest BCUT2D eigenvalue weighted by Gasteiger charge is -2.13. The van der Waals surface area contributed by atoms with Gasteiger partial charge in [0.25, 0.3) is 0 Å². The largest absolute Gasteiger partial charge is 0.382 e. The maximum atomic E-state index is 12.2. The zero-order valence-electron chi connectivity index (χ0n) is 15.1. The van der Waals surface area contributed by atoms with Crippen LogP contribution in [0.3, 0.4) is 0 Å². The van der Waals surface area contributed by atoms with Gasteiger partial charge >= 0.3 is 0 Å². The van der Waals surface area contributed by atoms with E-state index < -0.39 is 0 Å². The minimum absolute atomic E-state index is 0.00779. The third-order valence-corrected chi connectivity index (χ3v) is 4.79. The molecular weight excluding hydrogens is 336 g/mol. The normalized spacial score (nSPS) is 12.1. The lowest BCUT2D eigenvalue weighted by atomic mass is 10.2. The summed E-state index contributed by atoms with van der Waals surface area (Å²) in [7, 11) is 0. The predicted octanol–water partition coefficient (Wildman–Crippen LogP) is 2.66. The topological polar surface area (TPSA) is 69.0 Å². The van der Waals surface area contributed by atoms with Gasteiger partial charge in [0.1, 0.15) is 5.82 Å². The summed E-state index contributed by atoms with van der Waals surface area (Å²) in [6, 6.07) is 10.2. The maximum absolute atomic E-state index is 12.2. The smallest absolute Gasteiger partial charge is 0.233 e. The second-order valence-electron chi connectivity index (χ2n) is 5.70. The standard InChI is InChI=1S/C18H26N4O2S/c1-4-24-12-8-11-19-17(23)14(2)25-18-21-20-15(3)22(18)13-16-9-6-5-7-10-16/h5-7,9-10,14H,4,8,11-13H2,1-3H3,(H,19,23). The fraction of sp³-hybridized carbons (Fsp3) is 0.500. The van der Waals surface area contributed by atoms with E-state index in [1.807, 2.05) is 43.5 Å². The maximum Gasteiger partial charge on any atom is 0.233 e. The molecule has 7 heteroatoms. The summed E-state index contributed by atoms with van der Waals surface area (Å²) >= 11 is 1.43. The number of rotatable bonds is 10. The van der Waals surface area contributed by atoms with Gasteiger partial charge in [-0.3, -0.25) is 4.79 Å². The van der Waals surface area contributed by atoms with Gasteiger partial charge in [-0.15, -0.1) is 10.2 Å². The second-order valence-corrected chi connectivity index (χ2v) is 7.01. The van der Waals surface area contributed by atoms with Crippen LogP contribution < -0.4 is 5.32 Å². The molecule has 1 aromatic heterocycles. The van der Waals surface area contributed by atoms with Crippen molar-refractivity contribution in [1.29, 1.82) is 0 Å².